The molecular formula is C14H12F2N2O2. The normalized spacial score (nSPS) is 10.2. The molecular weight excluding hydrogens is 266 g/mol. The Morgan fingerprint density at radius 3 is 2.45 bits per heavy atom. The zero-order valence-corrected chi connectivity index (χ0v) is 10.4. The number of halogens is 2. The number of anilines is 1. The number of rotatable bonds is 4. The van der Waals surface area contributed by atoms with Crippen LogP contribution >= 0.6 is 0 Å². The first kappa shape index (κ1) is 14.0. The van der Waals surface area contributed by atoms with E-state index in [1.807, 2.05) is 0 Å². The van der Waals surface area contributed by atoms with Gasteiger partial charge in [-0.1, -0.05) is 0 Å². The summed E-state index contributed by atoms with van der Waals surface area (Å²) in [7, 11) is 0. The number of ether oxygens (including phenoxy) is 1. The van der Waals surface area contributed by atoms with Crippen LogP contribution in [0.3, 0.4) is 0 Å². The molecule has 0 aliphatic carbocycles. The summed E-state index contributed by atoms with van der Waals surface area (Å²) in [6, 6.07) is 9.33. The van der Waals surface area contributed by atoms with Crippen LogP contribution < -0.4 is 15.8 Å². The van der Waals surface area contributed by atoms with Crippen LogP contribution in [0.2, 0.25) is 0 Å². The van der Waals surface area contributed by atoms with Gasteiger partial charge in [-0.2, -0.15) is 0 Å². The molecule has 4 nitrogen and oxygen atoms in total. The van der Waals surface area contributed by atoms with Crippen molar-refractivity contribution in [1.29, 1.82) is 0 Å². The minimum Gasteiger partial charge on any atom is -0.454 e. The van der Waals surface area contributed by atoms with Gasteiger partial charge in [0.1, 0.15) is 11.6 Å². The van der Waals surface area contributed by atoms with E-state index >= 15 is 0 Å². The average molecular weight is 278 g/mol. The van der Waals surface area contributed by atoms with Crippen molar-refractivity contribution in [3.63, 3.8) is 0 Å². The van der Waals surface area contributed by atoms with E-state index in [4.69, 9.17) is 10.5 Å². The van der Waals surface area contributed by atoms with Gasteiger partial charge in [-0.15, -0.1) is 0 Å². The zero-order valence-electron chi connectivity index (χ0n) is 10.4. The molecule has 0 radical (unpaired) electrons. The van der Waals surface area contributed by atoms with E-state index in [0.717, 1.165) is 12.1 Å². The molecule has 3 N–H and O–H groups in total. The van der Waals surface area contributed by atoms with Gasteiger partial charge in [-0.3, -0.25) is 4.79 Å². The second-order valence-electron chi connectivity index (χ2n) is 3.95. The van der Waals surface area contributed by atoms with Gasteiger partial charge < -0.3 is 15.8 Å². The highest BCUT2D eigenvalue weighted by Crippen LogP contribution is 2.25. The minimum atomic E-state index is -0.787. The van der Waals surface area contributed by atoms with Crippen LogP contribution in [0.15, 0.2) is 42.5 Å². The van der Waals surface area contributed by atoms with Crippen molar-refractivity contribution in [3.8, 4) is 11.5 Å². The molecule has 0 heterocycles. The topological polar surface area (TPSA) is 64.4 Å². The Labute approximate surface area is 114 Å². The molecule has 0 saturated heterocycles. The summed E-state index contributed by atoms with van der Waals surface area (Å²) in [5, 5.41) is 2.56. The maximum atomic E-state index is 13.4. The third-order valence-corrected chi connectivity index (χ3v) is 2.45. The van der Waals surface area contributed by atoms with Gasteiger partial charge in [0.25, 0.3) is 0 Å². The Kier molecular flexibility index (Phi) is 4.27. The quantitative estimate of drug-likeness (QED) is 0.903. The molecule has 20 heavy (non-hydrogen) atoms. The monoisotopic (exact) mass is 278 g/mol. The van der Waals surface area contributed by atoms with Crippen molar-refractivity contribution in [2.45, 2.75) is 0 Å². The number of hydrogen-bond acceptors (Lipinski definition) is 3. The van der Waals surface area contributed by atoms with Crippen molar-refractivity contribution in [3.05, 3.63) is 54.1 Å². The standard InChI is InChI=1S/C14H12F2N2O2/c15-9-1-6-13(12(16)7-9)20-11-4-2-10(3-5-11)18-14(19)8-17/h1-7H,8,17H2,(H,18,19). The van der Waals surface area contributed by atoms with Gasteiger partial charge in [0.2, 0.25) is 5.91 Å². The number of nitrogens with one attached hydrogen (secondary N) is 1. The Hall–Kier alpha value is -2.47. The van der Waals surface area contributed by atoms with Crippen LogP contribution in [0.5, 0.6) is 11.5 Å². The predicted octanol–water partition coefficient (Wildman–Crippen LogP) is 2.65. The summed E-state index contributed by atoms with van der Waals surface area (Å²) in [6.07, 6.45) is 0. The second kappa shape index (κ2) is 6.12. The molecule has 1 amide bonds. The van der Waals surface area contributed by atoms with E-state index in [9.17, 15) is 13.6 Å². The lowest BCUT2D eigenvalue weighted by molar-refractivity contribution is -0.114. The SMILES string of the molecule is NCC(=O)Nc1ccc(Oc2ccc(F)cc2F)cc1. The third-order valence-electron chi connectivity index (χ3n) is 2.45. The van der Waals surface area contributed by atoms with E-state index in [1.54, 1.807) is 24.3 Å². The maximum absolute atomic E-state index is 13.4. The van der Waals surface area contributed by atoms with Crippen molar-refractivity contribution >= 4 is 11.6 Å². The number of hydrogen-bond donors (Lipinski definition) is 2. The fourth-order valence-corrected chi connectivity index (χ4v) is 1.50. The van der Waals surface area contributed by atoms with Gasteiger partial charge >= 0.3 is 0 Å². The second-order valence-corrected chi connectivity index (χ2v) is 3.95. The minimum absolute atomic E-state index is 0.0786. The molecule has 0 unspecified atom stereocenters. The fourth-order valence-electron chi connectivity index (χ4n) is 1.50. The Morgan fingerprint density at radius 2 is 1.85 bits per heavy atom. The van der Waals surface area contributed by atoms with Crippen LogP contribution in [0.4, 0.5) is 14.5 Å². The maximum Gasteiger partial charge on any atom is 0.238 e. The summed E-state index contributed by atoms with van der Waals surface area (Å²) in [6.45, 7) is -0.112. The summed E-state index contributed by atoms with van der Waals surface area (Å²) in [5.74, 6) is -1.49. The lowest BCUT2D eigenvalue weighted by Gasteiger charge is -2.08. The van der Waals surface area contributed by atoms with Crippen LogP contribution in [-0.2, 0) is 4.79 Å². The number of carbonyl (C=O) groups is 1. The Bertz CT molecular complexity index is 615. The lowest BCUT2D eigenvalue weighted by Crippen LogP contribution is -2.21. The van der Waals surface area contributed by atoms with Crippen molar-refractivity contribution < 1.29 is 18.3 Å². The third kappa shape index (κ3) is 3.52. The number of amides is 1. The van der Waals surface area contributed by atoms with Gasteiger partial charge in [-0.05, 0) is 36.4 Å². The van der Waals surface area contributed by atoms with Crippen LogP contribution in [0.1, 0.15) is 0 Å². The van der Waals surface area contributed by atoms with E-state index < -0.39 is 11.6 Å². The van der Waals surface area contributed by atoms with Gasteiger partial charge in [0.15, 0.2) is 11.6 Å². The molecule has 0 saturated carbocycles. The number of carbonyl (C=O) groups excluding carboxylic acids is 1. The lowest BCUT2D eigenvalue weighted by atomic mass is 10.3. The first-order valence-corrected chi connectivity index (χ1v) is 5.81. The first-order valence-electron chi connectivity index (χ1n) is 5.81. The van der Waals surface area contributed by atoms with E-state index in [2.05, 4.69) is 5.32 Å². The largest absolute Gasteiger partial charge is 0.454 e. The van der Waals surface area contributed by atoms with Crippen LogP contribution in [0, 0.1) is 11.6 Å². The van der Waals surface area contributed by atoms with Gasteiger partial charge in [0, 0.05) is 11.8 Å². The molecule has 2 aromatic carbocycles. The molecule has 0 spiro atoms. The summed E-state index contributed by atoms with van der Waals surface area (Å²) < 4.78 is 31.4. The number of benzene rings is 2. The highest BCUT2D eigenvalue weighted by Gasteiger charge is 2.06. The molecule has 2 rings (SSSR count). The molecule has 0 aliphatic rings. The Morgan fingerprint density at radius 1 is 1.15 bits per heavy atom. The average Bonchev–Trinajstić information content (AvgIpc) is 2.44. The van der Waals surface area contributed by atoms with Crippen molar-refractivity contribution in [2.24, 2.45) is 5.73 Å². The van der Waals surface area contributed by atoms with E-state index in [1.165, 1.54) is 6.07 Å². The molecule has 104 valence electrons. The van der Waals surface area contributed by atoms with Crippen LogP contribution in [-0.4, -0.2) is 12.5 Å². The van der Waals surface area contributed by atoms with Crippen molar-refractivity contribution in [2.75, 3.05) is 11.9 Å². The highest BCUT2D eigenvalue weighted by atomic mass is 19.1. The zero-order chi connectivity index (χ0) is 14.5. The molecule has 2 aromatic rings. The van der Waals surface area contributed by atoms with E-state index in [-0.39, 0.29) is 18.2 Å². The summed E-state index contributed by atoms with van der Waals surface area (Å²) in [5.41, 5.74) is 5.72. The van der Waals surface area contributed by atoms with Crippen molar-refractivity contribution in [1.82, 2.24) is 0 Å². The molecule has 0 fully saturated rings. The molecule has 0 aliphatic heterocycles. The molecule has 0 aromatic heterocycles. The summed E-state index contributed by atoms with van der Waals surface area (Å²) >= 11 is 0. The first-order chi connectivity index (χ1) is 9.58. The summed E-state index contributed by atoms with van der Waals surface area (Å²) in [4.78, 5) is 11.1. The molecule has 0 atom stereocenters. The van der Waals surface area contributed by atoms with E-state index in [0.29, 0.717) is 11.4 Å². The smallest absolute Gasteiger partial charge is 0.238 e. The molecule has 6 heteroatoms. The number of nitrogens with two attached hydrogens (primary N) is 1. The van der Waals surface area contributed by atoms with Crippen LogP contribution in [0.25, 0.3) is 0 Å². The fraction of sp³-hybridized carbons (Fsp3) is 0.0714. The van der Waals surface area contributed by atoms with Gasteiger partial charge in [0.05, 0.1) is 6.54 Å². The van der Waals surface area contributed by atoms with Gasteiger partial charge in [-0.25, -0.2) is 8.78 Å². The predicted molar refractivity (Wildman–Crippen MR) is 70.6 cm³/mol. The highest BCUT2D eigenvalue weighted by molar-refractivity contribution is 5.92. The Balaban J connectivity index is 2.08. The molecule has 0 bridgehead atoms.